The lowest BCUT2D eigenvalue weighted by molar-refractivity contribution is 0.0689. The van der Waals surface area contributed by atoms with Gasteiger partial charge in [-0.3, -0.25) is 0 Å². The van der Waals surface area contributed by atoms with Crippen molar-refractivity contribution in [3.8, 4) is 6.07 Å². The topological polar surface area (TPSA) is 94.5 Å². The quantitative estimate of drug-likeness (QED) is 0.867. The van der Waals surface area contributed by atoms with E-state index in [4.69, 9.17) is 5.26 Å². The van der Waals surface area contributed by atoms with E-state index in [1.807, 2.05) is 6.07 Å². The number of rotatable bonds is 2. The minimum Gasteiger partial charge on any atom is -0.476 e. The van der Waals surface area contributed by atoms with Crippen LogP contribution in [0, 0.1) is 11.3 Å². The van der Waals surface area contributed by atoms with E-state index in [0.29, 0.717) is 23.7 Å². The Balaban J connectivity index is 2.06. The minimum atomic E-state index is -1.05. The molecule has 0 radical (unpaired) electrons. The van der Waals surface area contributed by atoms with Crippen LogP contribution < -0.4 is 4.90 Å². The van der Waals surface area contributed by atoms with Gasteiger partial charge in [0.1, 0.15) is 17.5 Å². The summed E-state index contributed by atoms with van der Waals surface area (Å²) in [7, 11) is 0. The van der Waals surface area contributed by atoms with Crippen molar-refractivity contribution >= 4 is 17.4 Å². The number of fused-ring (bicyclic) bond motifs is 3. The summed E-state index contributed by atoms with van der Waals surface area (Å²) in [6.45, 7) is 0.794. The third kappa shape index (κ3) is 1.36. The third-order valence-corrected chi connectivity index (χ3v) is 3.90. The number of aromatic carboxylic acids is 1. The highest BCUT2D eigenvalue weighted by molar-refractivity contribution is 5.90. The molecule has 0 saturated heterocycles. The van der Waals surface area contributed by atoms with E-state index < -0.39 is 5.97 Å². The Hall–Kier alpha value is -2.62. The smallest absolute Gasteiger partial charge is 0.355 e. The van der Waals surface area contributed by atoms with E-state index in [0.717, 1.165) is 30.8 Å². The molecule has 0 amide bonds. The van der Waals surface area contributed by atoms with E-state index in [1.54, 1.807) is 4.52 Å². The number of carboxylic acid groups (broad SMARTS) is 1. The van der Waals surface area contributed by atoms with Gasteiger partial charge in [0, 0.05) is 18.2 Å². The lowest BCUT2D eigenvalue weighted by Gasteiger charge is -2.19. The van der Waals surface area contributed by atoms with E-state index in [9.17, 15) is 9.90 Å². The predicted molar refractivity (Wildman–Crippen MR) is 68.7 cm³/mol. The number of nitrogens with zero attached hydrogens (tertiary/aromatic N) is 5. The molecule has 3 heterocycles. The summed E-state index contributed by atoms with van der Waals surface area (Å²) >= 11 is 0. The first-order valence-electron chi connectivity index (χ1n) is 6.51. The van der Waals surface area contributed by atoms with Crippen molar-refractivity contribution in [1.29, 1.82) is 5.26 Å². The molecule has 2 aliphatic rings. The zero-order chi connectivity index (χ0) is 13.9. The van der Waals surface area contributed by atoms with Gasteiger partial charge in [0.2, 0.25) is 0 Å². The van der Waals surface area contributed by atoms with Crippen molar-refractivity contribution in [3.05, 3.63) is 23.0 Å². The molecule has 1 fully saturated rings. The third-order valence-electron chi connectivity index (χ3n) is 3.90. The number of nitriles is 1. The molecule has 2 aromatic heterocycles. The van der Waals surface area contributed by atoms with Gasteiger partial charge in [0.05, 0.1) is 6.20 Å². The maximum absolute atomic E-state index is 11.4. The van der Waals surface area contributed by atoms with E-state index >= 15 is 0 Å². The Morgan fingerprint density at radius 1 is 1.50 bits per heavy atom. The van der Waals surface area contributed by atoms with E-state index in [1.165, 1.54) is 6.20 Å². The first kappa shape index (κ1) is 11.2. The molecular formula is C13H11N5O2. The van der Waals surface area contributed by atoms with Crippen LogP contribution >= 0.6 is 0 Å². The number of carboxylic acids is 1. The van der Waals surface area contributed by atoms with Gasteiger partial charge < -0.3 is 10.0 Å². The van der Waals surface area contributed by atoms with Crippen LogP contribution in [0.3, 0.4) is 0 Å². The summed E-state index contributed by atoms with van der Waals surface area (Å²) in [5.74, 6) is -0.247. The van der Waals surface area contributed by atoms with Gasteiger partial charge in [-0.1, -0.05) is 0 Å². The number of carbonyl (C=O) groups is 1. The van der Waals surface area contributed by atoms with Gasteiger partial charge in [0.15, 0.2) is 11.3 Å². The summed E-state index contributed by atoms with van der Waals surface area (Å²) < 4.78 is 1.62. The van der Waals surface area contributed by atoms with Crippen molar-refractivity contribution < 1.29 is 9.90 Å². The second-order valence-corrected chi connectivity index (χ2v) is 5.15. The standard InChI is InChI=1S/C13H11N5O2/c14-5-7-6-15-18-11(7)16-10(13(19)20)9-3-4-17(12(9)18)8-1-2-8/h6,8H,1-4H2,(H,19,20). The maximum Gasteiger partial charge on any atom is 0.355 e. The van der Waals surface area contributed by atoms with Crippen LogP contribution in [0.1, 0.15) is 34.5 Å². The molecule has 7 heteroatoms. The summed E-state index contributed by atoms with van der Waals surface area (Å²) in [6.07, 6.45) is 4.35. The molecule has 7 nitrogen and oxygen atoms in total. The summed E-state index contributed by atoms with van der Waals surface area (Å²) in [4.78, 5) is 17.8. The van der Waals surface area contributed by atoms with Gasteiger partial charge in [-0.25, -0.2) is 9.78 Å². The fourth-order valence-corrected chi connectivity index (χ4v) is 2.87. The highest BCUT2D eigenvalue weighted by atomic mass is 16.4. The number of hydrogen-bond donors (Lipinski definition) is 1. The van der Waals surface area contributed by atoms with Gasteiger partial charge >= 0.3 is 5.97 Å². The molecule has 0 spiro atoms. The van der Waals surface area contributed by atoms with Crippen LogP contribution in [0.2, 0.25) is 0 Å². The Morgan fingerprint density at radius 2 is 2.30 bits per heavy atom. The number of hydrogen-bond acceptors (Lipinski definition) is 5. The molecular weight excluding hydrogens is 258 g/mol. The lowest BCUT2D eigenvalue weighted by Crippen LogP contribution is -2.25. The Morgan fingerprint density at radius 3 is 2.95 bits per heavy atom. The molecule has 20 heavy (non-hydrogen) atoms. The number of aromatic nitrogens is 3. The molecule has 0 unspecified atom stereocenters. The monoisotopic (exact) mass is 269 g/mol. The normalized spacial score (nSPS) is 17.2. The molecule has 100 valence electrons. The molecule has 1 aliphatic carbocycles. The Bertz CT molecular complexity index is 784. The first-order valence-corrected chi connectivity index (χ1v) is 6.51. The summed E-state index contributed by atoms with van der Waals surface area (Å²) in [5.41, 5.74) is 1.41. The first-order chi connectivity index (χ1) is 9.70. The maximum atomic E-state index is 11.4. The van der Waals surface area contributed by atoms with Crippen LogP contribution in [-0.2, 0) is 6.42 Å². The van der Waals surface area contributed by atoms with Crippen molar-refractivity contribution in [2.24, 2.45) is 0 Å². The van der Waals surface area contributed by atoms with Gasteiger partial charge in [0.25, 0.3) is 0 Å². The largest absolute Gasteiger partial charge is 0.476 e. The summed E-state index contributed by atoms with van der Waals surface area (Å²) in [5, 5.41) is 22.7. The second-order valence-electron chi connectivity index (χ2n) is 5.15. The van der Waals surface area contributed by atoms with Crippen LogP contribution in [0.4, 0.5) is 5.82 Å². The lowest BCUT2D eigenvalue weighted by atomic mass is 10.2. The van der Waals surface area contributed by atoms with Crippen molar-refractivity contribution in [2.45, 2.75) is 25.3 Å². The van der Waals surface area contributed by atoms with E-state index in [-0.39, 0.29) is 5.69 Å². The van der Waals surface area contributed by atoms with Gasteiger partial charge in [-0.2, -0.15) is 14.9 Å². The molecule has 1 aliphatic heterocycles. The molecule has 1 N–H and O–H groups in total. The molecule has 2 aromatic rings. The molecule has 4 rings (SSSR count). The molecule has 0 bridgehead atoms. The SMILES string of the molecule is N#Cc1cnn2c3c(c(C(=O)O)nc12)CCN3C1CC1. The fraction of sp³-hybridized carbons (Fsp3) is 0.385. The van der Waals surface area contributed by atoms with Crippen LogP contribution in [0.15, 0.2) is 6.20 Å². The number of anilines is 1. The zero-order valence-electron chi connectivity index (χ0n) is 10.6. The minimum absolute atomic E-state index is 0.0488. The Labute approximate surface area is 114 Å². The van der Waals surface area contributed by atoms with E-state index in [2.05, 4.69) is 15.0 Å². The van der Waals surface area contributed by atoms with Gasteiger partial charge in [-0.15, -0.1) is 0 Å². The molecule has 0 aromatic carbocycles. The fourth-order valence-electron chi connectivity index (χ4n) is 2.87. The van der Waals surface area contributed by atoms with Crippen LogP contribution in [0.5, 0.6) is 0 Å². The average Bonchev–Trinajstić information content (AvgIpc) is 3.05. The van der Waals surface area contributed by atoms with Crippen molar-refractivity contribution in [1.82, 2.24) is 14.6 Å². The highest BCUT2D eigenvalue weighted by Crippen LogP contribution is 2.39. The van der Waals surface area contributed by atoms with Crippen LogP contribution in [-0.4, -0.2) is 38.3 Å². The zero-order valence-corrected chi connectivity index (χ0v) is 10.6. The average molecular weight is 269 g/mol. The highest BCUT2D eigenvalue weighted by Gasteiger charge is 2.38. The van der Waals surface area contributed by atoms with Crippen molar-refractivity contribution in [2.75, 3.05) is 11.4 Å². The van der Waals surface area contributed by atoms with Crippen molar-refractivity contribution in [3.63, 3.8) is 0 Å². The van der Waals surface area contributed by atoms with Crippen LogP contribution in [0.25, 0.3) is 5.65 Å². The summed E-state index contributed by atoms with van der Waals surface area (Å²) in [6, 6.07) is 2.48. The Kier molecular flexibility index (Phi) is 2.07. The second kappa shape index (κ2) is 3.70. The van der Waals surface area contributed by atoms with Gasteiger partial charge in [-0.05, 0) is 19.3 Å². The predicted octanol–water partition coefficient (Wildman–Crippen LogP) is 0.824. The molecule has 1 saturated carbocycles. The molecule has 0 atom stereocenters.